The summed E-state index contributed by atoms with van der Waals surface area (Å²) in [4.78, 5) is 30.0. The number of carbonyl (C=O) groups excluding carboxylic acids is 2. The van der Waals surface area contributed by atoms with E-state index in [1.54, 1.807) is 4.90 Å². The summed E-state index contributed by atoms with van der Waals surface area (Å²) in [6.45, 7) is 7.94. The van der Waals surface area contributed by atoms with Crippen LogP contribution < -0.4 is 4.90 Å². The molecular weight excluding hydrogens is 464 g/mol. The number of piperidine rings is 1. The fraction of sp³-hybridized carbons (Fsp3) is 0.765. The lowest BCUT2D eigenvalue weighted by molar-refractivity contribution is -0.0317. The first-order chi connectivity index (χ1) is 14.9. The number of urea groups is 1. The Morgan fingerprint density at radius 2 is 1.84 bits per heavy atom. The van der Waals surface area contributed by atoms with Gasteiger partial charge in [-0.15, -0.1) is 14.5 Å². The van der Waals surface area contributed by atoms with E-state index < -0.39 is 28.1 Å². The van der Waals surface area contributed by atoms with E-state index in [0.29, 0.717) is 54.2 Å². The summed E-state index contributed by atoms with van der Waals surface area (Å²) in [5, 5.41) is 10.6. The number of fused-ring (bicyclic) bond motifs is 2. The molecule has 0 spiro atoms. The lowest BCUT2D eigenvalue weighted by atomic mass is 10.0. The van der Waals surface area contributed by atoms with Crippen molar-refractivity contribution in [3.8, 4) is 0 Å². The van der Waals surface area contributed by atoms with Gasteiger partial charge in [0, 0.05) is 32.7 Å². The molecule has 15 heteroatoms. The van der Waals surface area contributed by atoms with E-state index >= 15 is 0 Å². The minimum atomic E-state index is -4.78. The third-order valence-electron chi connectivity index (χ3n) is 5.41. The van der Waals surface area contributed by atoms with Crippen molar-refractivity contribution in [3.63, 3.8) is 0 Å². The van der Waals surface area contributed by atoms with Crippen LogP contribution in [0.15, 0.2) is 0 Å². The summed E-state index contributed by atoms with van der Waals surface area (Å²) in [6, 6.07) is -1.42. The number of piperazine rings is 1. The van der Waals surface area contributed by atoms with Gasteiger partial charge in [0.25, 0.3) is 0 Å². The van der Waals surface area contributed by atoms with Gasteiger partial charge in [0.1, 0.15) is 10.6 Å². The Labute approximate surface area is 189 Å². The molecule has 1 N–H and O–H groups in total. The van der Waals surface area contributed by atoms with E-state index in [-0.39, 0.29) is 18.7 Å². The molecule has 0 radical (unpaired) electrons. The molecule has 2 atom stereocenters. The predicted molar refractivity (Wildman–Crippen MR) is 112 cm³/mol. The Morgan fingerprint density at radius 1 is 1.16 bits per heavy atom. The van der Waals surface area contributed by atoms with Crippen molar-refractivity contribution in [2.75, 3.05) is 37.6 Å². The van der Waals surface area contributed by atoms with Gasteiger partial charge in [0.15, 0.2) is 0 Å². The Bertz CT molecular complexity index is 986. The van der Waals surface area contributed by atoms with Crippen LogP contribution in [0.3, 0.4) is 0 Å². The first kappa shape index (κ1) is 22.9. The zero-order chi connectivity index (χ0) is 23.3. The zero-order valence-electron chi connectivity index (χ0n) is 18.0. The minimum Gasteiger partial charge on any atom is -0.444 e. The van der Waals surface area contributed by atoms with Crippen LogP contribution in [0, 0.1) is 0 Å². The molecule has 3 aliphatic rings. The van der Waals surface area contributed by atoms with Gasteiger partial charge in [-0.1, -0.05) is 11.3 Å². The van der Waals surface area contributed by atoms with Crippen molar-refractivity contribution in [3.05, 3.63) is 5.01 Å². The van der Waals surface area contributed by atoms with Crippen LogP contribution in [-0.4, -0.2) is 94.5 Å². The van der Waals surface area contributed by atoms with Gasteiger partial charge < -0.3 is 19.4 Å². The molecule has 32 heavy (non-hydrogen) atoms. The van der Waals surface area contributed by atoms with Crippen LogP contribution in [0.25, 0.3) is 0 Å². The van der Waals surface area contributed by atoms with Crippen LogP contribution in [-0.2, 0) is 19.4 Å². The third-order valence-corrected chi connectivity index (χ3v) is 6.85. The molecule has 0 aromatic carbocycles. The molecule has 3 fully saturated rings. The standard InChI is InChI=1S/C17H26N6O7S2/c1-17(2,3)29-16(25)21-8-6-20(7-9-21)14-19-18-13(31-14)12-5-4-11-10-22(12)15(24)23(11)30-32(26,27)28/h11-12H,4-10H2,1-3H3,(H,26,27,28)/t11-,12+/m1/s1. The molecule has 1 aromatic heterocycles. The van der Waals surface area contributed by atoms with Crippen molar-refractivity contribution >= 4 is 39.0 Å². The smallest absolute Gasteiger partial charge is 0.418 e. The number of anilines is 1. The van der Waals surface area contributed by atoms with E-state index in [1.807, 2.05) is 25.7 Å². The molecule has 178 valence electrons. The monoisotopic (exact) mass is 490 g/mol. The van der Waals surface area contributed by atoms with Gasteiger partial charge in [-0.2, -0.15) is 13.5 Å². The SMILES string of the molecule is CC(C)(C)OC(=O)N1CCN(c2nnc([C@@H]3CC[C@@H]4CN3C(=O)N4OS(=O)(=O)O)s2)CC1. The quantitative estimate of drug-likeness (QED) is 0.612. The first-order valence-electron chi connectivity index (χ1n) is 10.2. The van der Waals surface area contributed by atoms with E-state index in [4.69, 9.17) is 9.29 Å². The highest BCUT2D eigenvalue weighted by Crippen LogP contribution is 2.40. The van der Waals surface area contributed by atoms with E-state index in [2.05, 4.69) is 14.5 Å². The van der Waals surface area contributed by atoms with Crippen molar-refractivity contribution in [1.29, 1.82) is 0 Å². The van der Waals surface area contributed by atoms with Crippen LogP contribution in [0.4, 0.5) is 14.7 Å². The Hall–Kier alpha value is -2.23. The Balaban J connectivity index is 1.38. The normalized spacial score (nSPS) is 24.3. The highest BCUT2D eigenvalue weighted by Gasteiger charge is 2.48. The number of hydrogen-bond donors (Lipinski definition) is 1. The number of rotatable bonds is 4. The molecule has 0 saturated carbocycles. The van der Waals surface area contributed by atoms with Gasteiger partial charge in [0.05, 0.1) is 12.1 Å². The molecule has 3 aliphatic heterocycles. The molecule has 0 unspecified atom stereocenters. The number of nitrogens with zero attached hydrogens (tertiary/aromatic N) is 6. The Kier molecular flexibility index (Phi) is 5.94. The number of carbonyl (C=O) groups is 2. The van der Waals surface area contributed by atoms with Gasteiger partial charge in [-0.05, 0) is 33.6 Å². The summed E-state index contributed by atoms with van der Waals surface area (Å²) >= 11 is 1.37. The summed E-state index contributed by atoms with van der Waals surface area (Å²) in [5.41, 5.74) is -0.545. The maximum absolute atomic E-state index is 12.6. The second-order valence-corrected chi connectivity index (χ2v) is 10.9. The minimum absolute atomic E-state index is 0.280. The second-order valence-electron chi connectivity index (χ2n) is 8.89. The fourth-order valence-corrected chi connectivity index (χ4v) is 5.42. The summed E-state index contributed by atoms with van der Waals surface area (Å²) in [7, 11) is -4.78. The zero-order valence-corrected chi connectivity index (χ0v) is 19.6. The van der Waals surface area contributed by atoms with Gasteiger partial charge >= 0.3 is 22.5 Å². The fourth-order valence-electron chi connectivity index (χ4n) is 3.98. The van der Waals surface area contributed by atoms with Gasteiger partial charge in [0.2, 0.25) is 5.13 Å². The van der Waals surface area contributed by atoms with Crippen molar-refractivity contribution in [2.24, 2.45) is 0 Å². The molecule has 4 rings (SSSR count). The van der Waals surface area contributed by atoms with Crippen molar-refractivity contribution in [2.45, 2.75) is 51.3 Å². The van der Waals surface area contributed by atoms with E-state index in [9.17, 15) is 18.0 Å². The number of hydrogen-bond acceptors (Lipinski definition) is 10. The molecule has 3 amide bonds. The molecular formula is C17H26N6O7S2. The number of ether oxygens (including phenoxy) is 1. The van der Waals surface area contributed by atoms with Crippen LogP contribution in [0.5, 0.6) is 0 Å². The van der Waals surface area contributed by atoms with Crippen LogP contribution in [0.2, 0.25) is 0 Å². The largest absolute Gasteiger partial charge is 0.444 e. The molecule has 13 nitrogen and oxygen atoms in total. The molecule has 2 bridgehead atoms. The van der Waals surface area contributed by atoms with E-state index in [0.717, 1.165) is 0 Å². The average molecular weight is 491 g/mol. The molecule has 4 heterocycles. The topological polar surface area (TPSA) is 146 Å². The number of aromatic nitrogens is 2. The average Bonchev–Trinajstić information content (AvgIpc) is 3.27. The maximum Gasteiger partial charge on any atom is 0.418 e. The van der Waals surface area contributed by atoms with E-state index in [1.165, 1.54) is 16.2 Å². The van der Waals surface area contributed by atoms with Crippen molar-refractivity contribution < 1.29 is 31.6 Å². The summed E-state index contributed by atoms with van der Waals surface area (Å²) < 4.78 is 40.9. The predicted octanol–water partition coefficient (Wildman–Crippen LogP) is 1.27. The summed E-state index contributed by atoms with van der Waals surface area (Å²) in [5.74, 6) is 0. The van der Waals surface area contributed by atoms with Crippen LogP contribution in [0.1, 0.15) is 44.7 Å². The highest BCUT2D eigenvalue weighted by atomic mass is 32.3. The third kappa shape index (κ3) is 4.89. The van der Waals surface area contributed by atoms with Crippen LogP contribution >= 0.6 is 11.3 Å². The Morgan fingerprint density at radius 3 is 2.47 bits per heavy atom. The second kappa shape index (κ2) is 8.28. The van der Waals surface area contributed by atoms with Gasteiger partial charge in [-0.25, -0.2) is 9.59 Å². The lowest BCUT2D eigenvalue weighted by Crippen LogP contribution is -2.50. The van der Waals surface area contributed by atoms with Crippen molar-refractivity contribution in [1.82, 2.24) is 25.1 Å². The molecule has 1 aromatic rings. The molecule has 0 aliphatic carbocycles. The molecule has 3 saturated heterocycles. The van der Waals surface area contributed by atoms with Gasteiger partial charge in [-0.3, -0.25) is 4.55 Å². The first-order valence-corrected chi connectivity index (χ1v) is 12.4. The highest BCUT2D eigenvalue weighted by molar-refractivity contribution is 7.80. The maximum atomic E-state index is 12.6. The number of amides is 3. The summed E-state index contributed by atoms with van der Waals surface area (Å²) in [6.07, 6.45) is 0.741. The lowest BCUT2D eigenvalue weighted by Gasteiger charge is -2.35. The number of hydroxylamine groups is 2.